The Hall–Kier alpha value is -3.60. The third-order valence-electron chi connectivity index (χ3n) is 5.32. The fraction of sp³-hybridized carbons (Fsp3) is 0.381. The molecule has 0 radical (unpaired) electrons. The predicted molar refractivity (Wildman–Crippen MR) is 119 cm³/mol. The van der Waals surface area contributed by atoms with Crippen molar-refractivity contribution in [2.24, 2.45) is 0 Å². The second-order valence-electron chi connectivity index (χ2n) is 7.47. The number of carbonyl (C=O) groups excluding carboxylic acids is 1. The quantitative estimate of drug-likeness (QED) is 0.539. The topological polar surface area (TPSA) is 115 Å². The Morgan fingerprint density at radius 1 is 1.19 bits per heavy atom. The summed E-state index contributed by atoms with van der Waals surface area (Å²) in [5.74, 6) is 0.0325. The zero-order valence-corrected chi connectivity index (χ0v) is 18.1. The minimum Gasteiger partial charge on any atom is -0.368 e. The molecule has 0 aliphatic carbocycles. The highest BCUT2D eigenvalue weighted by Gasteiger charge is 2.22. The summed E-state index contributed by atoms with van der Waals surface area (Å²) >= 11 is 0. The highest BCUT2D eigenvalue weighted by Crippen LogP contribution is 2.24. The Balaban J connectivity index is 1.37. The molecular weight excluding hydrogens is 413 g/mol. The van der Waals surface area contributed by atoms with E-state index in [0.717, 1.165) is 49.1 Å². The smallest absolute Gasteiger partial charge is 0.320 e. The van der Waals surface area contributed by atoms with E-state index in [1.165, 1.54) is 6.33 Å². The summed E-state index contributed by atoms with van der Waals surface area (Å²) in [6.07, 6.45) is 4.75. The van der Waals surface area contributed by atoms with Crippen molar-refractivity contribution in [1.82, 2.24) is 35.1 Å². The number of urea groups is 1. The van der Waals surface area contributed by atoms with Crippen LogP contribution in [0.25, 0.3) is 11.5 Å². The Kier molecular flexibility index (Phi) is 6.55. The standard InChI is InChI=1S/C21H26FN9O/c1-3-23-21(32)29-20-18(22)16(26-13-27-20)12-30-8-10-31(11-9-30)17-5-4-15(28-14(17)2)19-24-6-7-25-19/h4-7,13H,3,8-12H2,1-2H3,(H,24,25)(H2,23,26,27,29,32). The molecular formula is C21H26FN9O. The number of hydrogen-bond acceptors (Lipinski definition) is 7. The second-order valence-corrected chi connectivity index (χ2v) is 7.47. The highest BCUT2D eigenvalue weighted by atomic mass is 19.1. The summed E-state index contributed by atoms with van der Waals surface area (Å²) in [5.41, 5.74) is 3.10. The van der Waals surface area contributed by atoms with Crippen LogP contribution in [0.5, 0.6) is 0 Å². The van der Waals surface area contributed by atoms with Gasteiger partial charge >= 0.3 is 6.03 Å². The van der Waals surface area contributed by atoms with Crippen molar-refractivity contribution in [2.75, 3.05) is 42.9 Å². The van der Waals surface area contributed by atoms with E-state index in [1.807, 2.05) is 13.0 Å². The van der Waals surface area contributed by atoms with Gasteiger partial charge in [-0.3, -0.25) is 10.2 Å². The van der Waals surface area contributed by atoms with Gasteiger partial charge in [-0.05, 0) is 26.0 Å². The van der Waals surface area contributed by atoms with Crippen molar-refractivity contribution in [1.29, 1.82) is 0 Å². The molecule has 3 aromatic heterocycles. The Labute approximate surface area is 185 Å². The first-order chi connectivity index (χ1) is 15.5. The maximum absolute atomic E-state index is 14.8. The van der Waals surface area contributed by atoms with Gasteiger partial charge < -0.3 is 15.2 Å². The maximum atomic E-state index is 14.8. The van der Waals surface area contributed by atoms with Crippen LogP contribution in [-0.4, -0.2) is 68.6 Å². The van der Waals surface area contributed by atoms with Crippen LogP contribution in [0.3, 0.4) is 0 Å². The van der Waals surface area contributed by atoms with E-state index in [0.29, 0.717) is 13.1 Å². The van der Waals surface area contributed by atoms with E-state index in [4.69, 9.17) is 0 Å². The number of pyridine rings is 1. The van der Waals surface area contributed by atoms with Gasteiger partial charge in [-0.15, -0.1) is 0 Å². The number of halogens is 1. The summed E-state index contributed by atoms with van der Waals surface area (Å²) in [6.45, 7) is 7.65. The molecule has 0 spiro atoms. The number of rotatable bonds is 6. The van der Waals surface area contributed by atoms with Crippen LogP contribution in [0, 0.1) is 12.7 Å². The Bertz CT molecular complexity index is 1070. The fourth-order valence-corrected chi connectivity index (χ4v) is 3.70. The number of anilines is 2. The highest BCUT2D eigenvalue weighted by molar-refractivity contribution is 5.88. The number of aryl methyl sites for hydroxylation is 1. The van der Waals surface area contributed by atoms with E-state index >= 15 is 0 Å². The minimum atomic E-state index is -0.602. The number of nitrogens with one attached hydrogen (secondary N) is 3. The van der Waals surface area contributed by atoms with Crippen LogP contribution >= 0.6 is 0 Å². The van der Waals surface area contributed by atoms with E-state index < -0.39 is 11.8 Å². The SMILES string of the molecule is CCNC(=O)Nc1ncnc(CN2CCN(c3ccc(-c4ncc[nH]4)nc3C)CC2)c1F. The predicted octanol–water partition coefficient (Wildman–Crippen LogP) is 2.17. The number of piperazine rings is 1. The molecule has 11 heteroatoms. The van der Waals surface area contributed by atoms with Crippen LogP contribution in [0.15, 0.2) is 30.9 Å². The van der Waals surface area contributed by atoms with Gasteiger partial charge in [0.05, 0.1) is 17.1 Å². The van der Waals surface area contributed by atoms with Crippen LogP contribution < -0.4 is 15.5 Å². The molecule has 0 unspecified atom stereocenters. The van der Waals surface area contributed by atoms with Crippen molar-refractivity contribution in [3.05, 3.63) is 48.1 Å². The van der Waals surface area contributed by atoms with Crippen LogP contribution in [-0.2, 0) is 6.54 Å². The molecule has 3 aromatic rings. The number of imidazole rings is 1. The zero-order chi connectivity index (χ0) is 22.5. The van der Waals surface area contributed by atoms with Gasteiger partial charge in [-0.1, -0.05) is 0 Å². The molecule has 1 saturated heterocycles. The summed E-state index contributed by atoms with van der Waals surface area (Å²) < 4.78 is 14.8. The van der Waals surface area contributed by atoms with Crippen LogP contribution in [0.4, 0.5) is 20.7 Å². The lowest BCUT2D eigenvalue weighted by Crippen LogP contribution is -2.46. The second kappa shape index (κ2) is 9.69. The molecule has 4 heterocycles. The average Bonchev–Trinajstić information content (AvgIpc) is 3.32. The van der Waals surface area contributed by atoms with Gasteiger partial charge in [0.2, 0.25) is 0 Å². The van der Waals surface area contributed by atoms with Crippen molar-refractivity contribution in [2.45, 2.75) is 20.4 Å². The third kappa shape index (κ3) is 4.83. The molecule has 32 heavy (non-hydrogen) atoms. The first-order valence-electron chi connectivity index (χ1n) is 10.5. The summed E-state index contributed by atoms with van der Waals surface area (Å²) in [7, 11) is 0. The molecule has 10 nitrogen and oxygen atoms in total. The molecule has 168 valence electrons. The largest absolute Gasteiger partial charge is 0.368 e. The van der Waals surface area contributed by atoms with E-state index in [-0.39, 0.29) is 11.5 Å². The first-order valence-corrected chi connectivity index (χ1v) is 10.5. The Morgan fingerprint density at radius 3 is 2.69 bits per heavy atom. The van der Waals surface area contributed by atoms with Crippen molar-refractivity contribution in [3.8, 4) is 11.5 Å². The lowest BCUT2D eigenvalue weighted by atomic mass is 10.2. The van der Waals surface area contributed by atoms with Crippen LogP contribution in [0.2, 0.25) is 0 Å². The summed E-state index contributed by atoms with van der Waals surface area (Å²) in [5, 5.41) is 4.98. The lowest BCUT2D eigenvalue weighted by molar-refractivity contribution is 0.243. The van der Waals surface area contributed by atoms with Crippen molar-refractivity contribution in [3.63, 3.8) is 0 Å². The normalized spacial score (nSPS) is 14.4. The van der Waals surface area contributed by atoms with Crippen LogP contribution in [0.1, 0.15) is 18.3 Å². The van der Waals surface area contributed by atoms with E-state index in [2.05, 4.69) is 51.4 Å². The average molecular weight is 439 g/mol. The zero-order valence-electron chi connectivity index (χ0n) is 18.1. The van der Waals surface area contributed by atoms with Crippen molar-refractivity contribution >= 4 is 17.5 Å². The van der Waals surface area contributed by atoms with Gasteiger partial charge in [0.25, 0.3) is 0 Å². The van der Waals surface area contributed by atoms with E-state index in [1.54, 1.807) is 19.3 Å². The minimum absolute atomic E-state index is 0.113. The fourth-order valence-electron chi connectivity index (χ4n) is 3.70. The molecule has 0 bridgehead atoms. The summed E-state index contributed by atoms with van der Waals surface area (Å²) in [6, 6.07) is 3.54. The van der Waals surface area contributed by atoms with Gasteiger partial charge in [0.1, 0.15) is 12.0 Å². The molecule has 3 N–H and O–H groups in total. The molecule has 1 aliphatic rings. The first kappa shape index (κ1) is 21.6. The number of aromatic amines is 1. The lowest BCUT2D eigenvalue weighted by Gasteiger charge is -2.36. The molecule has 0 aromatic carbocycles. The molecule has 4 rings (SSSR count). The molecule has 0 saturated carbocycles. The number of hydrogen-bond donors (Lipinski definition) is 3. The van der Waals surface area contributed by atoms with Gasteiger partial charge in [0.15, 0.2) is 17.5 Å². The number of H-pyrrole nitrogens is 1. The number of carbonyl (C=O) groups is 1. The van der Waals surface area contributed by atoms with Crippen molar-refractivity contribution < 1.29 is 9.18 Å². The third-order valence-corrected chi connectivity index (χ3v) is 5.32. The van der Waals surface area contributed by atoms with Gasteiger partial charge in [-0.25, -0.2) is 29.1 Å². The molecule has 2 amide bonds. The Morgan fingerprint density at radius 2 is 2.00 bits per heavy atom. The number of aromatic nitrogens is 5. The maximum Gasteiger partial charge on any atom is 0.320 e. The van der Waals surface area contributed by atoms with Gasteiger partial charge in [-0.2, -0.15) is 0 Å². The van der Waals surface area contributed by atoms with Gasteiger partial charge in [0, 0.05) is 51.7 Å². The molecule has 1 fully saturated rings. The monoisotopic (exact) mass is 439 g/mol. The number of amides is 2. The number of nitrogens with zero attached hydrogens (tertiary/aromatic N) is 6. The summed E-state index contributed by atoms with van der Waals surface area (Å²) in [4.78, 5) is 36.0. The molecule has 0 atom stereocenters. The molecule has 1 aliphatic heterocycles. The van der Waals surface area contributed by atoms with E-state index in [9.17, 15) is 9.18 Å².